The van der Waals surface area contributed by atoms with Crippen molar-refractivity contribution in [1.82, 2.24) is 0 Å². The molecular formula is C11H6Cl2F3NS2. The maximum absolute atomic E-state index is 12.6. The zero-order valence-corrected chi connectivity index (χ0v) is 12.2. The van der Waals surface area contributed by atoms with Gasteiger partial charge in [-0.25, -0.2) is 0 Å². The first-order chi connectivity index (χ1) is 8.86. The topological polar surface area (TPSA) is 12.0 Å². The summed E-state index contributed by atoms with van der Waals surface area (Å²) in [7, 11) is 0. The second-order valence-corrected chi connectivity index (χ2v) is 6.68. The molecular weight excluding hydrogens is 338 g/mol. The van der Waals surface area contributed by atoms with E-state index in [9.17, 15) is 13.2 Å². The van der Waals surface area contributed by atoms with Gasteiger partial charge in [0.25, 0.3) is 0 Å². The van der Waals surface area contributed by atoms with Crippen LogP contribution in [0.4, 0.5) is 18.9 Å². The molecule has 0 spiro atoms. The van der Waals surface area contributed by atoms with E-state index in [1.807, 2.05) is 0 Å². The summed E-state index contributed by atoms with van der Waals surface area (Å²) in [5.74, 6) is 0. The number of thiophene rings is 1. The molecule has 0 aliphatic rings. The molecule has 0 saturated carbocycles. The lowest BCUT2D eigenvalue weighted by Crippen LogP contribution is -2.05. The van der Waals surface area contributed by atoms with Crippen molar-refractivity contribution in [2.24, 2.45) is 0 Å². The van der Waals surface area contributed by atoms with Gasteiger partial charge in [-0.2, -0.15) is 13.2 Å². The average Bonchev–Trinajstić information content (AvgIpc) is 2.72. The molecule has 0 bridgehead atoms. The summed E-state index contributed by atoms with van der Waals surface area (Å²) < 4.78 is 42.0. The summed E-state index contributed by atoms with van der Waals surface area (Å²) in [4.78, 5) is 0. The highest BCUT2D eigenvalue weighted by Crippen LogP contribution is 2.37. The summed E-state index contributed by atoms with van der Waals surface area (Å²) in [6.45, 7) is 0. The van der Waals surface area contributed by atoms with E-state index in [1.54, 1.807) is 12.1 Å². The molecule has 0 aliphatic heterocycles. The third kappa shape index (κ3) is 3.95. The van der Waals surface area contributed by atoms with Gasteiger partial charge in [-0.1, -0.05) is 23.2 Å². The second-order valence-electron chi connectivity index (χ2n) is 3.46. The first-order valence-electron chi connectivity index (χ1n) is 4.91. The highest BCUT2D eigenvalue weighted by atomic mass is 35.5. The van der Waals surface area contributed by atoms with Crippen molar-refractivity contribution in [2.45, 2.75) is 10.4 Å². The molecule has 19 heavy (non-hydrogen) atoms. The summed E-state index contributed by atoms with van der Waals surface area (Å²) in [5.41, 5.74) is -0.532. The van der Waals surface area contributed by atoms with E-state index >= 15 is 0 Å². The van der Waals surface area contributed by atoms with Gasteiger partial charge in [0.15, 0.2) is 0 Å². The minimum Gasteiger partial charge on any atom is -0.324 e. The summed E-state index contributed by atoms with van der Waals surface area (Å²) in [6, 6.07) is 6.62. The largest absolute Gasteiger partial charge is 0.416 e. The lowest BCUT2D eigenvalue weighted by atomic mass is 10.2. The smallest absolute Gasteiger partial charge is 0.324 e. The quantitative estimate of drug-likeness (QED) is 0.666. The van der Waals surface area contributed by atoms with E-state index in [-0.39, 0.29) is 10.7 Å². The van der Waals surface area contributed by atoms with Crippen molar-refractivity contribution in [3.63, 3.8) is 0 Å². The minimum absolute atomic E-state index is 0.214. The molecule has 1 aromatic carbocycles. The van der Waals surface area contributed by atoms with Gasteiger partial charge in [0.1, 0.15) is 0 Å². The van der Waals surface area contributed by atoms with Crippen molar-refractivity contribution in [1.29, 1.82) is 0 Å². The molecule has 0 unspecified atom stereocenters. The van der Waals surface area contributed by atoms with Gasteiger partial charge in [-0.05, 0) is 42.3 Å². The van der Waals surface area contributed by atoms with Crippen molar-refractivity contribution >= 4 is 52.2 Å². The van der Waals surface area contributed by atoms with Gasteiger partial charge >= 0.3 is 6.18 Å². The fourth-order valence-electron chi connectivity index (χ4n) is 1.24. The van der Waals surface area contributed by atoms with Crippen LogP contribution in [0.5, 0.6) is 0 Å². The molecule has 1 heterocycles. The van der Waals surface area contributed by atoms with Crippen LogP contribution in [0.1, 0.15) is 5.56 Å². The Labute approximate surface area is 125 Å². The lowest BCUT2D eigenvalue weighted by molar-refractivity contribution is -0.137. The van der Waals surface area contributed by atoms with Crippen molar-refractivity contribution in [3.8, 4) is 0 Å². The Bertz CT molecular complexity index is 584. The predicted octanol–water partition coefficient (Wildman–Crippen LogP) is 6.19. The highest BCUT2D eigenvalue weighted by molar-refractivity contribution is 8.02. The molecule has 0 saturated heterocycles. The maximum atomic E-state index is 12.6. The third-order valence-electron chi connectivity index (χ3n) is 2.10. The number of alkyl halides is 3. The fraction of sp³-hybridized carbons (Fsp3) is 0.0909. The van der Waals surface area contributed by atoms with E-state index in [0.29, 0.717) is 4.34 Å². The van der Waals surface area contributed by atoms with Crippen LogP contribution < -0.4 is 4.72 Å². The molecule has 0 fully saturated rings. The number of hydrogen-bond acceptors (Lipinski definition) is 3. The fourth-order valence-corrected chi connectivity index (χ4v) is 3.45. The van der Waals surface area contributed by atoms with Crippen molar-refractivity contribution in [2.75, 3.05) is 4.72 Å². The minimum atomic E-state index is -4.39. The third-order valence-corrected chi connectivity index (χ3v) is 4.62. The molecule has 8 heteroatoms. The Morgan fingerprint density at radius 3 is 2.42 bits per heavy atom. The number of halogens is 5. The molecule has 2 rings (SSSR count). The summed E-state index contributed by atoms with van der Waals surface area (Å²) >= 11 is 14.1. The molecule has 1 aromatic heterocycles. The number of benzene rings is 1. The van der Waals surface area contributed by atoms with Crippen molar-refractivity contribution < 1.29 is 13.2 Å². The number of nitrogens with one attached hydrogen (secondary N) is 1. The molecule has 1 nitrogen and oxygen atoms in total. The summed E-state index contributed by atoms with van der Waals surface area (Å²) in [6.07, 6.45) is -4.39. The number of hydrogen-bond donors (Lipinski definition) is 1. The number of rotatable bonds is 3. The van der Waals surface area contributed by atoms with E-state index < -0.39 is 11.7 Å². The van der Waals surface area contributed by atoms with E-state index in [0.717, 1.165) is 28.3 Å². The van der Waals surface area contributed by atoms with Gasteiger partial charge in [0, 0.05) is 0 Å². The van der Waals surface area contributed by atoms with Gasteiger partial charge in [-0.3, -0.25) is 0 Å². The van der Waals surface area contributed by atoms with Crippen LogP contribution in [-0.4, -0.2) is 0 Å². The molecule has 2 aromatic rings. The van der Waals surface area contributed by atoms with Crippen LogP contribution in [-0.2, 0) is 6.18 Å². The highest BCUT2D eigenvalue weighted by Gasteiger charge is 2.30. The standard InChI is InChI=1S/C11H6Cl2F3NS2/c12-7-2-1-6(11(14,15)16)5-8(7)17-19-10-4-3-9(13)18-10/h1-5,17H. The van der Waals surface area contributed by atoms with Crippen LogP contribution in [0, 0.1) is 0 Å². The Kier molecular flexibility index (Phi) is 4.55. The monoisotopic (exact) mass is 343 g/mol. The maximum Gasteiger partial charge on any atom is 0.416 e. The normalized spacial score (nSPS) is 11.6. The lowest BCUT2D eigenvalue weighted by Gasteiger charge is -2.11. The Morgan fingerprint density at radius 1 is 1.11 bits per heavy atom. The first kappa shape index (κ1) is 14.8. The number of anilines is 1. The van der Waals surface area contributed by atoms with Gasteiger partial charge in [-0.15, -0.1) is 11.3 Å². The Hall–Kier alpha value is -0.560. The summed E-state index contributed by atoms with van der Waals surface area (Å²) in [5, 5.41) is 0.225. The molecule has 0 amide bonds. The van der Waals surface area contributed by atoms with Gasteiger partial charge in [0.2, 0.25) is 0 Å². The SMILES string of the molecule is FC(F)(F)c1ccc(Cl)c(NSc2ccc(Cl)s2)c1. The molecule has 0 aliphatic carbocycles. The van der Waals surface area contributed by atoms with Gasteiger partial charge in [0.05, 0.1) is 24.8 Å². The van der Waals surface area contributed by atoms with E-state index in [2.05, 4.69) is 4.72 Å². The first-order valence-corrected chi connectivity index (χ1v) is 7.30. The van der Waals surface area contributed by atoms with Crippen LogP contribution >= 0.6 is 46.5 Å². The second kappa shape index (κ2) is 5.83. The molecule has 0 atom stereocenters. The molecule has 0 radical (unpaired) electrons. The van der Waals surface area contributed by atoms with E-state index in [1.165, 1.54) is 17.4 Å². The van der Waals surface area contributed by atoms with E-state index in [4.69, 9.17) is 23.2 Å². The zero-order chi connectivity index (χ0) is 14.0. The molecule has 102 valence electrons. The zero-order valence-electron chi connectivity index (χ0n) is 9.09. The molecule has 1 N–H and O–H groups in total. The Balaban J connectivity index is 2.15. The average molecular weight is 344 g/mol. The predicted molar refractivity (Wildman–Crippen MR) is 75.3 cm³/mol. The van der Waals surface area contributed by atoms with Crippen LogP contribution in [0.2, 0.25) is 9.36 Å². The van der Waals surface area contributed by atoms with Gasteiger partial charge < -0.3 is 4.72 Å². The van der Waals surface area contributed by atoms with Crippen LogP contribution in [0.15, 0.2) is 34.5 Å². The van der Waals surface area contributed by atoms with Crippen LogP contribution in [0.3, 0.4) is 0 Å². The Morgan fingerprint density at radius 2 is 1.84 bits per heavy atom. The van der Waals surface area contributed by atoms with Crippen molar-refractivity contribution in [3.05, 3.63) is 45.3 Å². The van der Waals surface area contributed by atoms with Crippen LogP contribution in [0.25, 0.3) is 0 Å².